The monoisotopic (exact) mass is 261 g/mol. The number of hydrogen-bond acceptors (Lipinski definition) is 2. The van der Waals surface area contributed by atoms with Crippen LogP contribution in [0.2, 0.25) is 0 Å². The second kappa shape index (κ2) is 4.68. The average molecular weight is 261 g/mol. The zero-order valence-electron chi connectivity index (χ0n) is 11.4. The average Bonchev–Trinajstić information content (AvgIpc) is 3.07. The van der Waals surface area contributed by atoms with Crippen LogP contribution >= 0.6 is 0 Å². The molecule has 0 heterocycles. The fourth-order valence-electron chi connectivity index (χ4n) is 2.02. The lowest BCUT2D eigenvalue weighted by Gasteiger charge is -2.19. The minimum atomic E-state index is -0.923. The molecule has 0 aromatic heterocycles. The van der Waals surface area contributed by atoms with E-state index in [4.69, 9.17) is 5.11 Å². The van der Waals surface area contributed by atoms with Crippen LogP contribution in [0.25, 0.3) is 0 Å². The highest BCUT2D eigenvalue weighted by molar-refractivity contribution is 5.94. The number of carbonyl (C=O) groups is 2. The van der Waals surface area contributed by atoms with Crippen molar-refractivity contribution in [2.24, 2.45) is 11.8 Å². The lowest BCUT2D eigenvalue weighted by Crippen LogP contribution is -2.28. The first kappa shape index (κ1) is 13.6. The Morgan fingerprint density at radius 3 is 2.21 bits per heavy atom. The quantitative estimate of drug-likeness (QED) is 0.875. The Kier molecular flexibility index (Phi) is 3.35. The smallest absolute Gasteiger partial charge is 0.313 e. The van der Waals surface area contributed by atoms with E-state index in [1.807, 2.05) is 0 Å². The summed E-state index contributed by atoms with van der Waals surface area (Å²) in [6.45, 7) is 5.38. The van der Waals surface area contributed by atoms with Gasteiger partial charge in [-0.2, -0.15) is 0 Å². The van der Waals surface area contributed by atoms with Crippen molar-refractivity contribution >= 4 is 17.6 Å². The summed E-state index contributed by atoms with van der Waals surface area (Å²) in [4.78, 5) is 22.9. The lowest BCUT2D eigenvalue weighted by atomic mass is 9.85. The number of carboxylic acid groups (broad SMARTS) is 1. The van der Waals surface area contributed by atoms with Gasteiger partial charge in [-0.15, -0.1) is 0 Å². The van der Waals surface area contributed by atoms with Crippen LogP contribution in [0.15, 0.2) is 24.3 Å². The third-order valence-electron chi connectivity index (χ3n) is 3.86. The van der Waals surface area contributed by atoms with E-state index in [1.54, 1.807) is 38.1 Å². The fraction of sp³-hybridized carbons (Fsp3) is 0.467. The molecule has 1 aromatic carbocycles. The molecular weight excluding hydrogens is 242 g/mol. The first-order valence-electron chi connectivity index (χ1n) is 6.47. The van der Waals surface area contributed by atoms with Crippen LogP contribution in [-0.4, -0.2) is 17.0 Å². The van der Waals surface area contributed by atoms with Crippen molar-refractivity contribution in [3.8, 4) is 0 Å². The van der Waals surface area contributed by atoms with Crippen LogP contribution in [0.5, 0.6) is 0 Å². The Morgan fingerprint density at radius 1 is 1.26 bits per heavy atom. The van der Waals surface area contributed by atoms with Gasteiger partial charge in [-0.3, -0.25) is 9.59 Å². The van der Waals surface area contributed by atoms with Gasteiger partial charge in [-0.1, -0.05) is 19.1 Å². The van der Waals surface area contributed by atoms with Crippen LogP contribution < -0.4 is 5.32 Å². The SMILES string of the molecule is C[C@H]1C[C@H]1C(=O)Nc1ccc(C(C)(C)C(=O)O)cc1. The number of aliphatic carboxylic acids is 1. The van der Waals surface area contributed by atoms with E-state index in [1.165, 1.54) is 0 Å². The summed E-state index contributed by atoms with van der Waals surface area (Å²) in [6.07, 6.45) is 0.954. The summed E-state index contributed by atoms with van der Waals surface area (Å²) in [6, 6.07) is 7.01. The van der Waals surface area contributed by atoms with Crippen molar-refractivity contribution in [1.29, 1.82) is 0 Å². The Balaban J connectivity index is 2.06. The van der Waals surface area contributed by atoms with Crippen molar-refractivity contribution in [3.63, 3.8) is 0 Å². The Bertz CT molecular complexity index is 505. The highest BCUT2D eigenvalue weighted by Gasteiger charge is 2.39. The van der Waals surface area contributed by atoms with Crippen molar-refractivity contribution in [1.82, 2.24) is 0 Å². The third kappa shape index (κ3) is 2.78. The Labute approximate surface area is 112 Å². The second-order valence-corrected chi connectivity index (χ2v) is 5.82. The summed E-state index contributed by atoms with van der Waals surface area (Å²) < 4.78 is 0. The minimum absolute atomic E-state index is 0.0535. The molecule has 1 aliphatic rings. The van der Waals surface area contributed by atoms with Gasteiger partial charge in [-0.05, 0) is 43.9 Å². The van der Waals surface area contributed by atoms with Gasteiger partial charge >= 0.3 is 5.97 Å². The maximum atomic E-state index is 11.8. The highest BCUT2D eigenvalue weighted by atomic mass is 16.4. The van der Waals surface area contributed by atoms with Gasteiger partial charge < -0.3 is 10.4 Å². The Morgan fingerprint density at radius 2 is 1.79 bits per heavy atom. The molecule has 102 valence electrons. The third-order valence-corrected chi connectivity index (χ3v) is 3.86. The van der Waals surface area contributed by atoms with E-state index in [9.17, 15) is 9.59 Å². The molecule has 1 aromatic rings. The van der Waals surface area contributed by atoms with E-state index in [0.29, 0.717) is 11.6 Å². The first-order valence-corrected chi connectivity index (χ1v) is 6.47. The lowest BCUT2D eigenvalue weighted by molar-refractivity contribution is -0.142. The van der Waals surface area contributed by atoms with Gasteiger partial charge in [0, 0.05) is 11.6 Å². The molecule has 1 fully saturated rings. The predicted octanol–water partition coefficient (Wildman–Crippen LogP) is 2.64. The molecule has 1 amide bonds. The largest absolute Gasteiger partial charge is 0.481 e. The molecular formula is C15H19NO3. The van der Waals surface area contributed by atoms with Gasteiger partial charge in [0.15, 0.2) is 0 Å². The molecule has 2 atom stereocenters. The van der Waals surface area contributed by atoms with Gasteiger partial charge in [-0.25, -0.2) is 0 Å². The van der Waals surface area contributed by atoms with Crippen LogP contribution in [-0.2, 0) is 15.0 Å². The molecule has 4 nitrogen and oxygen atoms in total. The topological polar surface area (TPSA) is 66.4 Å². The van der Waals surface area contributed by atoms with Crippen LogP contribution in [0.4, 0.5) is 5.69 Å². The van der Waals surface area contributed by atoms with Crippen LogP contribution in [0, 0.1) is 11.8 Å². The van der Waals surface area contributed by atoms with Gasteiger partial charge in [0.1, 0.15) is 0 Å². The molecule has 0 saturated heterocycles. The molecule has 4 heteroatoms. The molecule has 0 spiro atoms. The minimum Gasteiger partial charge on any atom is -0.481 e. The van der Waals surface area contributed by atoms with Gasteiger partial charge in [0.05, 0.1) is 5.41 Å². The fourth-order valence-corrected chi connectivity index (χ4v) is 2.02. The van der Waals surface area contributed by atoms with Gasteiger partial charge in [0.25, 0.3) is 0 Å². The summed E-state index contributed by atoms with van der Waals surface area (Å²) in [5.41, 5.74) is 0.514. The molecule has 0 radical (unpaired) electrons. The van der Waals surface area contributed by atoms with Crippen molar-refractivity contribution in [2.45, 2.75) is 32.6 Å². The number of hydrogen-bond donors (Lipinski definition) is 2. The zero-order chi connectivity index (χ0) is 14.2. The number of carboxylic acids is 1. The van der Waals surface area contributed by atoms with E-state index in [2.05, 4.69) is 12.2 Å². The van der Waals surface area contributed by atoms with E-state index < -0.39 is 11.4 Å². The molecule has 0 bridgehead atoms. The number of nitrogens with one attached hydrogen (secondary N) is 1. The summed E-state index contributed by atoms with van der Waals surface area (Å²) in [7, 11) is 0. The molecule has 2 rings (SSSR count). The predicted molar refractivity (Wildman–Crippen MR) is 73.0 cm³/mol. The molecule has 1 saturated carbocycles. The highest BCUT2D eigenvalue weighted by Crippen LogP contribution is 2.38. The maximum Gasteiger partial charge on any atom is 0.313 e. The second-order valence-electron chi connectivity index (χ2n) is 5.82. The number of benzene rings is 1. The molecule has 0 aliphatic heterocycles. The summed E-state index contributed by atoms with van der Waals surface area (Å²) in [5, 5.41) is 12.0. The van der Waals surface area contributed by atoms with E-state index >= 15 is 0 Å². The molecule has 19 heavy (non-hydrogen) atoms. The number of carbonyl (C=O) groups excluding carboxylic acids is 1. The normalized spacial score (nSPS) is 21.8. The Hall–Kier alpha value is -1.84. The van der Waals surface area contributed by atoms with E-state index in [0.717, 1.165) is 12.0 Å². The van der Waals surface area contributed by atoms with Crippen molar-refractivity contribution < 1.29 is 14.7 Å². The van der Waals surface area contributed by atoms with Crippen LogP contribution in [0.1, 0.15) is 32.8 Å². The van der Waals surface area contributed by atoms with Gasteiger partial charge in [0.2, 0.25) is 5.91 Å². The number of rotatable bonds is 4. The first-order chi connectivity index (χ1) is 8.82. The maximum absolute atomic E-state index is 11.8. The van der Waals surface area contributed by atoms with Crippen molar-refractivity contribution in [2.75, 3.05) is 5.32 Å². The summed E-state index contributed by atoms with van der Waals surface area (Å²) in [5.74, 6) is -0.200. The van der Waals surface area contributed by atoms with Crippen molar-refractivity contribution in [3.05, 3.63) is 29.8 Å². The zero-order valence-corrected chi connectivity index (χ0v) is 11.4. The molecule has 1 aliphatic carbocycles. The number of amides is 1. The molecule has 2 N–H and O–H groups in total. The van der Waals surface area contributed by atoms with Crippen LogP contribution in [0.3, 0.4) is 0 Å². The summed E-state index contributed by atoms with van der Waals surface area (Å²) >= 11 is 0. The number of anilines is 1. The van der Waals surface area contributed by atoms with E-state index in [-0.39, 0.29) is 11.8 Å². The molecule has 0 unspecified atom stereocenters. The standard InChI is InChI=1S/C15H19NO3/c1-9-8-12(9)13(17)16-11-6-4-10(5-7-11)15(2,3)14(18)19/h4-7,9,12H,8H2,1-3H3,(H,16,17)(H,18,19)/t9-,12+/m0/s1.